The maximum absolute atomic E-state index is 14.9. The summed E-state index contributed by atoms with van der Waals surface area (Å²) in [6.07, 6.45) is -0.0279. The molecule has 1 unspecified atom stereocenters. The van der Waals surface area contributed by atoms with E-state index in [0.717, 1.165) is 6.07 Å². The smallest absolute Gasteiger partial charge is 0.409 e. The van der Waals surface area contributed by atoms with E-state index in [4.69, 9.17) is 19.9 Å². The van der Waals surface area contributed by atoms with E-state index >= 15 is 0 Å². The highest BCUT2D eigenvalue weighted by Gasteiger charge is 2.49. The number of esters is 1. The number of aromatic nitrogens is 1. The first-order chi connectivity index (χ1) is 20.9. The number of carboxylic acids is 1. The Balaban J connectivity index is 1.85. The van der Waals surface area contributed by atoms with Crippen LogP contribution in [0.4, 0.5) is 9.18 Å². The Morgan fingerprint density at radius 1 is 1.05 bits per heavy atom. The van der Waals surface area contributed by atoms with Crippen LogP contribution in [0.25, 0.3) is 10.9 Å². The van der Waals surface area contributed by atoms with Crippen molar-refractivity contribution in [3.8, 4) is 5.75 Å². The van der Waals surface area contributed by atoms with Gasteiger partial charge in [0.2, 0.25) is 11.5 Å². The molecule has 1 aromatic heterocycles. The summed E-state index contributed by atoms with van der Waals surface area (Å²) in [7, 11) is 0. The van der Waals surface area contributed by atoms with Gasteiger partial charge in [-0.25, -0.2) is 14.0 Å². The molecular weight excluding hydrogens is 579 g/mol. The fourth-order valence-electron chi connectivity index (χ4n) is 5.47. The number of fused-ring (bicyclic) bond motifs is 1. The summed E-state index contributed by atoms with van der Waals surface area (Å²) in [5.41, 5.74) is 4.32. The highest BCUT2D eigenvalue weighted by Crippen LogP contribution is 2.44. The monoisotopic (exact) mass is 616 g/mol. The van der Waals surface area contributed by atoms with Gasteiger partial charge in [-0.1, -0.05) is 0 Å². The first-order valence-electron chi connectivity index (χ1n) is 14.6. The Kier molecular flexibility index (Phi) is 9.90. The zero-order valence-electron chi connectivity index (χ0n) is 25.0. The van der Waals surface area contributed by atoms with Crippen molar-refractivity contribution in [2.45, 2.75) is 64.4 Å². The van der Waals surface area contributed by atoms with Gasteiger partial charge in [0.15, 0.2) is 0 Å². The summed E-state index contributed by atoms with van der Waals surface area (Å²) >= 11 is 0. The van der Waals surface area contributed by atoms with Crippen LogP contribution in [0.1, 0.15) is 73.5 Å². The summed E-state index contributed by atoms with van der Waals surface area (Å²) in [5, 5.41) is 9.57. The number of ether oxygens (including phenoxy) is 3. The highest BCUT2D eigenvalue weighted by atomic mass is 19.1. The molecule has 1 saturated heterocycles. The van der Waals surface area contributed by atoms with E-state index in [1.54, 1.807) is 13.8 Å². The molecule has 1 aromatic carbocycles. The summed E-state index contributed by atoms with van der Waals surface area (Å²) in [4.78, 5) is 71.5. The number of hydrogen-bond donors (Lipinski definition) is 2. The van der Waals surface area contributed by atoms with E-state index in [9.17, 15) is 33.5 Å². The van der Waals surface area contributed by atoms with Crippen molar-refractivity contribution in [1.29, 1.82) is 0 Å². The molecule has 1 atom stereocenters. The van der Waals surface area contributed by atoms with Crippen molar-refractivity contribution >= 4 is 40.7 Å². The van der Waals surface area contributed by atoms with Crippen LogP contribution in [0.2, 0.25) is 0 Å². The molecule has 44 heavy (non-hydrogen) atoms. The lowest BCUT2D eigenvalue weighted by Crippen LogP contribution is -2.52. The average molecular weight is 617 g/mol. The van der Waals surface area contributed by atoms with E-state index < -0.39 is 53.6 Å². The van der Waals surface area contributed by atoms with E-state index in [1.807, 2.05) is 0 Å². The molecule has 1 aliphatic carbocycles. The Morgan fingerprint density at radius 2 is 1.68 bits per heavy atom. The van der Waals surface area contributed by atoms with Crippen LogP contribution >= 0.6 is 0 Å². The van der Waals surface area contributed by atoms with Crippen LogP contribution in [0.3, 0.4) is 0 Å². The fourth-order valence-corrected chi connectivity index (χ4v) is 5.47. The predicted octanol–water partition coefficient (Wildman–Crippen LogP) is 2.89. The molecule has 238 valence electrons. The molecular formula is C30H37FN4O9. The Bertz CT molecular complexity index is 1470. The van der Waals surface area contributed by atoms with Gasteiger partial charge in [-0.3, -0.25) is 19.4 Å². The molecule has 0 spiro atoms. The van der Waals surface area contributed by atoms with Gasteiger partial charge in [0, 0.05) is 38.0 Å². The van der Waals surface area contributed by atoms with Crippen molar-refractivity contribution in [3.63, 3.8) is 0 Å². The first kappa shape index (κ1) is 32.4. The molecule has 2 fully saturated rings. The highest BCUT2D eigenvalue weighted by molar-refractivity contribution is 6.05. The Morgan fingerprint density at radius 3 is 2.23 bits per heavy atom. The van der Waals surface area contributed by atoms with E-state index in [-0.39, 0.29) is 92.1 Å². The van der Waals surface area contributed by atoms with Gasteiger partial charge < -0.3 is 34.9 Å². The number of nitrogens with two attached hydrogens (primary N) is 1. The van der Waals surface area contributed by atoms with E-state index in [0.29, 0.717) is 6.42 Å². The van der Waals surface area contributed by atoms with Crippen LogP contribution in [-0.2, 0) is 23.9 Å². The minimum Gasteiger partial charge on any atom is -0.481 e. The quantitative estimate of drug-likeness (QED) is 0.357. The Labute approximate surface area is 253 Å². The van der Waals surface area contributed by atoms with Gasteiger partial charge in [-0.05, 0) is 64.2 Å². The average Bonchev–Trinajstić information content (AvgIpc) is 2.95. The van der Waals surface area contributed by atoms with Gasteiger partial charge in [0.05, 0.1) is 30.3 Å². The maximum atomic E-state index is 14.9. The third-order valence-corrected chi connectivity index (χ3v) is 7.99. The molecule has 2 aliphatic rings. The molecule has 13 nitrogen and oxygen atoms in total. The number of aliphatic carboxylic acids is 1. The lowest BCUT2D eigenvalue weighted by molar-refractivity contribution is -0.169. The molecule has 3 N–H and O–H groups in total. The van der Waals surface area contributed by atoms with Gasteiger partial charge in [-0.15, -0.1) is 0 Å². The van der Waals surface area contributed by atoms with Crippen molar-refractivity contribution in [2.24, 2.45) is 5.73 Å². The lowest BCUT2D eigenvalue weighted by Gasteiger charge is -2.40. The van der Waals surface area contributed by atoms with Crippen LogP contribution in [0.15, 0.2) is 12.1 Å². The summed E-state index contributed by atoms with van der Waals surface area (Å²) in [6, 6.07) is 2.55. The van der Waals surface area contributed by atoms with E-state index in [1.165, 1.54) is 22.8 Å². The number of amides is 3. The number of pyridine rings is 1. The number of benzene rings is 1. The number of carbonyl (C=O) groups is 5. The van der Waals surface area contributed by atoms with Crippen LogP contribution in [0, 0.1) is 12.7 Å². The topological polar surface area (TPSA) is 179 Å². The molecule has 14 heteroatoms. The molecule has 4 rings (SSSR count). The van der Waals surface area contributed by atoms with Gasteiger partial charge in [-0.2, -0.15) is 0 Å². The number of carboxylic acid groups (broad SMARTS) is 1. The number of primary amides is 1. The molecule has 1 saturated carbocycles. The molecule has 0 bridgehead atoms. The summed E-state index contributed by atoms with van der Waals surface area (Å²) in [6.45, 7) is 5.73. The predicted molar refractivity (Wildman–Crippen MR) is 154 cm³/mol. The maximum Gasteiger partial charge on any atom is 0.409 e. The second-order valence-electron chi connectivity index (χ2n) is 10.9. The molecule has 2 heterocycles. The summed E-state index contributed by atoms with van der Waals surface area (Å²) < 4.78 is 31.5. The third kappa shape index (κ3) is 6.53. The van der Waals surface area contributed by atoms with E-state index in [2.05, 4.69) is 4.98 Å². The zero-order valence-corrected chi connectivity index (χ0v) is 25.0. The van der Waals surface area contributed by atoms with Crippen molar-refractivity contribution in [2.75, 3.05) is 39.4 Å². The van der Waals surface area contributed by atoms with Crippen molar-refractivity contribution < 1.29 is 47.7 Å². The van der Waals surface area contributed by atoms with Crippen LogP contribution in [0.5, 0.6) is 5.75 Å². The minimum absolute atomic E-state index is 0.0636. The number of halogens is 1. The number of rotatable bonds is 11. The zero-order chi connectivity index (χ0) is 32.2. The van der Waals surface area contributed by atoms with Gasteiger partial charge in [0.1, 0.15) is 17.1 Å². The van der Waals surface area contributed by atoms with Gasteiger partial charge >= 0.3 is 18.0 Å². The van der Waals surface area contributed by atoms with Crippen LogP contribution in [-0.4, -0.2) is 94.7 Å². The third-order valence-electron chi connectivity index (χ3n) is 7.99. The second-order valence-corrected chi connectivity index (χ2v) is 10.9. The minimum atomic E-state index is -1.46. The Hall–Kier alpha value is -4.49. The number of piperazine rings is 1. The second kappa shape index (κ2) is 13.4. The largest absolute Gasteiger partial charge is 0.481 e. The summed E-state index contributed by atoms with van der Waals surface area (Å²) in [5.74, 6) is -5.52. The molecule has 1 aliphatic heterocycles. The number of hydrogen-bond acceptors (Lipinski definition) is 9. The van der Waals surface area contributed by atoms with Crippen LogP contribution < -0.4 is 10.5 Å². The first-order valence-corrected chi connectivity index (χ1v) is 14.6. The number of aryl methyl sites for hydroxylation is 1. The molecule has 3 amide bonds. The van der Waals surface area contributed by atoms with Crippen molar-refractivity contribution in [3.05, 3.63) is 34.8 Å². The van der Waals surface area contributed by atoms with Crippen molar-refractivity contribution in [1.82, 2.24) is 14.8 Å². The number of carbonyl (C=O) groups excluding carboxylic acids is 4. The molecule has 2 aromatic rings. The van der Waals surface area contributed by atoms with Gasteiger partial charge in [0.25, 0.3) is 5.91 Å². The fraction of sp³-hybridized carbons (Fsp3) is 0.533. The lowest BCUT2D eigenvalue weighted by atomic mass is 9.79. The SMILES string of the molecule is CCOC(=O)N1CCN(C(=O)C(CCC(=O)O)c2nc3cc(C)c(F)cc3c(OC3(C(=O)OCC)CCC3)c2C(N)=O)CC1. The number of nitrogens with zero attached hydrogens (tertiary/aromatic N) is 3. The standard InChI is InChI=1S/C30H37FN4O9/c1-4-42-28(40)30(9-6-10-30)44-25-19-16-20(31)17(3)15-21(19)33-24(23(25)26(32)38)18(7-8-22(36)37)27(39)34-11-13-35(14-12-34)29(41)43-5-2/h15-16,18H,4-14H2,1-3H3,(H2,32,38)(H,36,37). The normalized spacial score (nSPS) is 16.5. The molecule has 0 radical (unpaired) electrons.